The van der Waals surface area contributed by atoms with Crippen LogP contribution in [0.25, 0.3) is 0 Å². The van der Waals surface area contributed by atoms with Gasteiger partial charge in [-0.3, -0.25) is 10.1 Å². The number of benzene rings is 1. The number of nitro groups is 1. The number of aryl methyl sites for hydroxylation is 1. The van der Waals surface area contributed by atoms with E-state index in [-0.39, 0.29) is 23.6 Å². The third-order valence-electron chi connectivity index (χ3n) is 2.58. The molecule has 0 unspecified atom stereocenters. The molecule has 0 saturated carbocycles. The first-order valence-corrected chi connectivity index (χ1v) is 7.44. The maximum absolute atomic E-state index is 13.4. The predicted octanol–water partition coefficient (Wildman–Crippen LogP) is 1.87. The van der Waals surface area contributed by atoms with Gasteiger partial charge in [0.25, 0.3) is 0 Å². The van der Waals surface area contributed by atoms with Crippen LogP contribution in [0.3, 0.4) is 0 Å². The molecule has 0 heterocycles. The van der Waals surface area contributed by atoms with E-state index in [1.807, 2.05) is 0 Å². The highest BCUT2D eigenvalue weighted by atomic mass is 32.2. The average molecular weight is 318 g/mol. The molecule has 0 saturated heterocycles. The van der Waals surface area contributed by atoms with Crippen LogP contribution in [0.2, 0.25) is 0 Å². The number of ether oxygens (including phenoxy) is 1. The van der Waals surface area contributed by atoms with Gasteiger partial charge in [-0.1, -0.05) is 6.58 Å². The molecule has 0 aliphatic heterocycles. The van der Waals surface area contributed by atoms with Gasteiger partial charge in [-0.05, 0) is 25.0 Å². The zero-order valence-corrected chi connectivity index (χ0v) is 12.2. The molecule has 0 spiro atoms. The van der Waals surface area contributed by atoms with Gasteiger partial charge in [0.2, 0.25) is 15.8 Å². The minimum absolute atomic E-state index is 0.0841. The SMILES string of the molecule is C=COCCCNS(=O)(=O)c1cc([N+](=O)[O-])c(F)cc1C. The number of hydrogen-bond donors (Lipinski definition) is 1. The van der Waals surface area contributed by atoms with Crippen molar-refractivity contribution in [2.24, 2.45) is 0 Å². The van der Waals surface area contributed by atoms with Gasteiger partial charge in [0.05, 0.1) is 22.7 Å². The second-order valence-corrected chi connectivity index (χ2v) is 5.85. The van der Waals surface area contributed by atoms with Crippen molar-refractivity contribution in [3.8, 4) is 0 Å². The lowest BCUT2D eigenvalue weighted by molar-refractivity contribution is -0.387. The normalized spacial score (nSPS) is 11.1. The molecule has 0 aliphatic carbocycles. The number of nitrogens with one attached hydrogen (secondary N) is 1. The Kier molecular flexibility index (Phi) is 5.79. The predicted molar refractivity (Wildman–Crippen MR) is 73.7 cm³/mol. The van der Waals surface area contributed by atoms with E-state index >= 15 is 0 Å². The third-order valence-corrected chi connectivity index (χ3v) is 4.18. The van der Waals surface area contributed by atoms with Crippen LogP contribution in [0.4, 0.5) is 10.1 Å². The van der Waals surface area contributed by atoms with E-state index in [1.54, 1.807) is 0 Å². The van der Waals surface area contributed by atoms with Crippen molar-refractivity contribution in [3.63, 3.8) is 0 Å². The van der Waals surface area contributed by atoms with Crippen LogP contribution in [-0.4, -0.2) is 26.5 Å². The average Bonchev–Trinajstić information content (AvgIpc) is 2.37. The molecule has 0 bridgehead atoms. The second-order valence-electron chi connectivity index (χ2n) is 4.12. The Balaban J connectivity index is 2.95. The summed E-state index contributed by atoms with van der Waals surface area (Å²) in [6, 6.07) is 1.54. The molecule has 21 heavy (non-hydrogen) atoms. The lowest BCUT2D eigenvalue weighted by atomic mass is 10.2. The Morgan fingerprint density at radius 2 is 2.19 bits per heavy atom. The molecule has 1 rings (SSSR count). The van der Waals surface area contributed by atoms with E-state index in [4.69, 9.17) is 4.74 Å². The lowest BCUT2D eigenvalue weighted by Crippen LogP contribution is -2.26. The van der Waals surface area contributed by atoms with E-state index in [0.29, 0.717) is 12.5 Å². The van der Waals surface area contributed by atoms with Crippen molar-refractivity contribution in [2.75, 3.05) is 13.2 Å². The highest BCUT2D eigenvalue weighted by molar-refractivity contribution is 7.89. The summed E-state index contributed by atoms with van der Waals surface area (Å²) in [5.41, 5.74) is -0.788. The number of nitro benzene ring substituents is 1. The molecule has 116 valence electrons. The topological polar surface area (TPSA) is 98.5 Å². The molecular weight excluding hydrogens is 303 g/mol. The van der Waals surface area contributed by atoms with Crippen LogP contribution in [0.1, 0.15) is 12.0 Å². The third kappa shape index (κ3) is 4.50. The Bertz CT molecular complexity index is 645. The molecule has 0 amide bonds. The van der Waals surface area contributed by atoms with Crippen molar-refractivity contribution in [1.82, 2.24) is 4.72 Å². The van der Waals surface area contributed by atoms with E-state index in [0.717, 1.165) is 6.07 Å². The molecule has 7 nitrogen and oxygen atoms in total. The van der Waals surface area contributed by atoms with Crippen LogP contribution in [0.15, 0.2) is 29.9 Å². The Labute approximate surface area is 121 Å². The van der Waals surface area contributed by atoms with Gasteiger partial charge in [-0.2, -0.15) is 4.39 Å². The summed E-state index contributed by atoms with van der Waals surface area (Å²) in [5, 5.41) is 10.7. The summed E-state index contributed by atoms with van der Waals surface area (Å²) in [6.07, 6.45) is 1.63. The van der Waals surface area contributed by atoms with Crippen LogP contribution in [0.5, 0.6) is 0 Å². The van der Waals surface area contributed by atoms with Crippen molar-refractivity contribution in [3.05, 3.63) is 46.5 Å². The minimum Gasteiger partial charge on any atom is -0.502 e. The summed E-state index contributed by atoms with van der Waals surface area (Å²) in [4.78, 5) is 9.38. The van der Waals surface area contributed by atoms with E-state index in [9.17, 15) is 22.9 Å². The molecule has 0 fully saturated rings. The first-order chi connectivity index (χ1) is 9.79. The molecule has 1 aromatic carbocycles. The smallest absolute Gasteiger partial charge is 0.306 e. The van der Waals surface area contributed by atoms with Crippen molar-refractivity contribution < 1.29 is 22.5 Å². The van der Waals surface area contributed by atoms with Crippen LogP contribution in [-0.2, 0) is 14.8 Å². The van der Waals surface area contributed by atoms with E-state index in [2.05, 4.69) is 11.3 Å². The number of sulfonamides is 1. The first-order valence-electron chi connectivity index (χ1n) is 5.96. The van der Waals surface area contributed by atoms with Gasteiger partial charge in [0, 0.05) is 12.6 Å². The minimum atomic E-state index is -3.95. The number of rotatable bonds is 8. The van der Waals surface area contributed by atoms with E-state index in [1.165, 1.54) is 13.2 Å². The zero-order valence-electron chi connectivity index (χ0n) is 11.3. The molecule has 0 aromatic heterocycles. The van der Waals surface area contributed by atoms with Gasteiger partial charge in [-0.25, -0.2) is 13.1 Å². The maximum atomic E-state index is 13.4. The van der Waals surface area contributed by atoms with Crippen LogP contribution >= 0.6 is 0 Å². The highest BCUT2D eigenvalue weighted by Crippen LogP contribution is 2.25. The van der Waals surface area contributed by atoms with Gasteiger partial charge in [0.1, 0.15) is 0 Å². The lowest BCUT2D eigenvalue weighted by Gasteiger charge is -2.09. The zero-order chi connectivity index (χ0) is 16.0. The fourth-order valence-electron chi connectivity index (χ4n) is 1.59. The van der Waals surface area contributed by atoms with Gasteiger partial charge < -0.3 is 4.74 Å². The van der Waals surface area contributed by atoms with Crippen LogP contribution in [0, 0.1) is 22.9 Å². The van der Waals surface area contributed by atoms with Crippen molar-refractivity contribution >= 4 is 15.7 Å². The largest absolute Gasteiger partial charge is 0.502 e. The summed E-state index contributed by atoms with van der Waals surface area (Å²) in [6.45, 7) is 5.07. The van der Waals surface area contributed by atoms with E-state index < -0.39 is 26.5 Å². The van der Waals surface area contributed by atoms with Crippen molar-refractivity contribution in [2.45, 2.75) is 18.2 Å². The standard InChI is InChI=1S/C12H15FN2O5S/c1-3-20-6-4-5-14-21(18,19)12-8-11(15(16)17)10(13)7-9(12)2/h3,7-8,14H,1,4-6H2,2H3. The summed E-state index contributed by atoms with van der Waals surface area (Å²) < 4.78 is 44.6. The Morgan fingerprint density at radius 3 is 2.76 bits per heavy atom. The Hall–Kier alpha value is -2.00. The second kappa shape index (κ2) is 7.14. The quantitative estimate of drug-likeness (QED) is 0.341. The molecule has 1 aromatic rings. The molecule has 9 heteroatoms. The first kappa shape index (κ1) is 17.1. The summed E-state index contributed by atoms with van der Waals surface area (Å²) in [5.74, 6) is -1.07. The number of halogens is 1. The number of nitrogens with zero attached hydrogens (tertiary/aromatic N) is 1. The van der Waals surface area contributed by atoms with Gasteiger partial charge in [-0.15, -0.1) is 0 Å². The summed E-state index contributed by atoms with van der Waals surface area (Å²) >= 11 is 0. The summed E-state index contributed by atoms with van der Waals surface area (Å²) in [7, 11) is -3.95. The molecule has 1 N–H and O–H groups in total. The fraction of sp³-hybridized carbons (Fsp3) is 0.333. The maximum Gasteiger partial charge on any atom is 0.306 e. The van der Waals surface area contributed by atoms with Gasteiger partial charge >= 0.3 is 5.69 Å². The van der Waals surface area contributed by atoms with Crippen LogP contribution < -0.4 is 4.72 Å². The van der Waals surface area contributed by atoms with Crippen molar-refractivity contribution in [1.29, 1.82) is 0 Å². The molecule has 0 aliphatic rings. The molecular formula is C12H15FN2O5S. The number of hydrogen-bond acceptors (Lipinski definition) is 5. The molecule has 0 atom stereocenters. The monoisotopic (exact) mass is 318 g/mol. The van der Waals surface area contributed by atoms with Gasteiger partial charge in [0.15, 0.2) is 0 Å². The fourth-order valence-corrected chi connectivity index (χ4v) is 2.91. The molecule has 0 radical (unpaired) electrons. The Morgan fingerprint density at radius 1 is 1.52 bits per heavy atom. The highest BCUT2D eigenvalue weighted by Gasteiger charge is 2.23.